The Bertz CT molecular complexity index is 1250. The lowest BCUT2D eigenvalue weighted by molar-refractivity contribution is -0.137. The summed E-state index contributed by atoms with van der Waals surface area (Å²) >= 11 is 0. The highest BCUT2D eigenvalue weighted by Gasteiger charge is 2.26. The highest BCUT2D eigenvalue weighted by atomic mass is 19.1. The van der Waals surface area contributed by atoms with Crippen molar-refractivity contribution in [3.8, 4) is 22.6 Å². The fourth-order valence-corrected chi connectivity index (χ4v) is 5.41. The van der Waals surface area contributed by atoms with Crippen LogP contribution in [-0.4, -0.2) is 35.2 Å². The number of hydrogen-bond acceptors (Lipinski definition) is 4. The zero-order valence-electron chi connectivity index (χ0n) is 22.7. The van der Waals surface area contributed by atoms with E-state index in [0.29, 0.717) is 35.8 Å². The Morgan fingerprint density at radius 3 is 2.50 bits per heavy atom. The molecular weight excluding hydrogens is 481 g/mol. The number of hydrogen-bond donors (Lipinski definition) is 1. The fourth-order valence-electron chi connectivity index (χ4n) is 5.41. The quantitative estimate of drug-likeness (QED) is 0.302. The number of benzene rings is 3. The number of methoxy groups -OCH3 is 1. The molecule has 0 radical (unpaired) electrons. The lowest BCUT2D eigenvalue weighted by Gasteiger charge is -2.39. The van der Waals surface area contributed by atoms with Gasteiger partial charge in [-0.15, -0.1) is 0 Å². The van der Waals surface area contributed by atoms with Gasteiger partial charge in [-0.3, -0.25) is 9.69 Å². The molecule has 3 atom stereocenters. The first-order valence-electron chi connectivity index (χ1n) is 13.4. The topological polar surface area (TPSA) is 59.0 Å². The van der Waals surface area contributed by atoms with Gasteiger partial charge < -0.3 is 14.6 Å². The number of carboxylic acids is 1. The molecule has 38 heavy (non-hydrogen) atoms. The number of piperidine rings is 1. The Kier molecular flexibility index (Phi) is 9.05. The molecule has 0 bridgehead atoms. The number of ether oxygens (including phenoxy) is 2. The minimum atomic E-state index is -0.818. The average Bonchev–Trinajstić information content (AvgIpc) is 2.90. The summed E-state index contributed by atoms with van der Waals surface area (Å²) in [6, 6.07) is 19.5. The van der Waals surface area contributed by atoms with Gasteiger partial charge in [-0.05, 0) is 85.2 Å². The van der Waals surface area contributed by atoms with Gasteiger partial charge in [0, 0.05) is 24.2 Å². The maximum Gasteiger partial charge on any atom is 0.303 e. The number of likely N-dealkylation sites (tertiary alicyclic amines) is 1. The molecule has 0 spiro atoms. The van der Waals surface area contributed by atoms with Gasteiger partial charge in [-0.25, -0.2) is 4.39 Å². The molecule has 3 aromatic rings. The van der Waals surface area contributed by atoms with E-state index < -0.39 is 5.97 Å². The van der Waals surface area contributed by atoms with Crippen molar-refractivity contribution < 1.29 is 23.8 Å². The van der Waals surface area contributed by atoms with Crippen molar-refractivity contribution in [3.63, 3.8) is 0 Å². The highest BCUT2D eigenvalue weighted by Crippen LogP contribution is 2.34. The third kappa shape index (κ3) is 6.73. The van der Waals surface area contributed by atoms with E-state index in [1.165, 1.54) is 12.5 Å². The molecule has 3 aromatic carbocycles. The van der Waals surface area contributed by atoms with Crippen molar-refractivity contribution in [2.75, 3.05) is 7.11 Å². The molecule has 0 amide bonds. The van der Waals surface area contributed by atoms with Crippen LogP contribution < -0.4 is 9.47 Å². The smallest absolute Gasteiger partial charge is 0.303 e. The van der Waals surface area contributed by atoms with Gasteiger partial charge >= 0.3 is 5.97 Å². The van der Waals surface area contributed by atoms with E-state index in [-0.39, 0.29) is 18.2 Å². The molecule has 1 aliphatic rings. The summed E-state index contributed by atoms with van der Waals surface area (Å²) in [5, 5.41) is 9.13. The summed E-state index contributed by atoms with van der Waals surface area (Å²) in [6.07, 6.45) is 3.62. The summed E-state index contributed by atoms with van der Waals surface area (Å²) in [5.41, 5.74) is 4.38. The van der Waals surface area contributed by atoms with Gasteiger partial charge in [0.1, 0.15) is 23.9 Å². The van der Waals surface area contributed by atoms with Gasteiger partial charge in [0.05, 0.1) is 13.5 Å². The van der Waals surface area contributed by atoms with Crippen molar-refractivity contribution in [1.29, 1.82) is 0 Å². The number of carboxylic acid groups (broad SMARTS) is 1. The van der Waals surface area contributed by atoms with Crippen LogP contribution >= 0.6 is 0 Å². The van der Waals surface area contributed by atoms with E-state index in [1.807, 2.05) is 43.3 Å². The van der Waals surface area contributed by atoms with Crippen molar-refractivity contribution in [1.82, 2.24) is 4.90 Å². The second kappa shape index (κ2) is 12.4. The number of halogens is 1. The van der Waals surface area contributed by atoms with Crippen LogP contribution in [0.5, 0.6) is 11.5 Å². The van der Waals surface area contributed by atoms with Crippen LogP contribution in [0, 0.1) is 5.82 Å². The number of nitrogens with zero attached hydrogens (tertiary/aromatic N) is 1. The van der Waals surface area contributed by atoms with Crippen molar-refractivity contribution in [2.24, 2.45) is 0 Å². The second-order valence-corrected chi connectivity index (χ2v) is 10.5. The lowest BCUT2D eigenvalue weighted by Crippen LogP contribution is -2.43. The van der Waals surface area contributed by atoms with Crippen LogP contribution in [-0.2, 0) is 17.9 Å². The SMILES string of the molecule is COc1ccc(F)c(-c2ccc(COc3cccc([C@H](C)CC(=O)O)c3)cc2CN2[C@H](C)CCC[C@@H]2C)c1. The first kappa shape index (κ1) is 27.6. The van der Waals surface area contributed by atoms with Crippen molar-refractivity contribution >= 4 is 5.97 Å². The molecular formula is C32H38FNO4. The number of rotatable bonds is 10. The van der Waals surface area contributed by atoms with Crippen LogP contribution in [0.1, 0.15) is 69.1 Å². The third-order valence-corrected chi connectivity index (χ3v) is 7.68. The predicted molar refractivity (Wildman–Crippen MR) is 148 cm³/mol. The maximum absolute atomic E-state index is 15.0. The van der Waals surface area contributed by atoms with Crippen LogP contribution in [0.3, 0.4) is 0 Å². The van der Waals surface area contributed by atoms with E-state index in [2.05, 4.69) is 24.8 Å². The maximum atomic E-state index is 15.0. The van der Waals surface area contributed by atoms with Gasteiger partial charge in [0.15, 0.2) is 0 Å². The van der Waals surface area contributed by atoms with E-state index in [0.717, 1.165) is 41.6 Å². The number of aliphatic carboxylic acids is 1. The van der Waals surface area contributed by atoms with Gasteiger partial charge in [-0.2, -0.15) is 0 Å². The van der Waals surface area contributed by atoms with Crippen molar-refractivity contribution in [2.45, 2.75) is 77.6 Å². The van der Waals surface area contributed by atoms with Gasteiger partial charge in [-0.1, -0.05) is 43.7 Å². The van der Waals surface area contributed by atoms with Crippen molar-refractivity contribution in [3.05, 3.63) is 83.2 Å². The Morgan fingerprint density at radius 2 is 1.79 bits per heavy atom. The van der Waals surface area contributed by atoms with Crippen LogP contribution in [0.25, 0.3) is 11.1 Å². The minimum absolute atomic E-state index is 0.0719. The monoisotopic (exact) mass is 519 g/mol. The molecule has 6 heteroatoms. The fraction of sp³-hybridized carbons (Fsp3) is 0.406. The largest absolute Gasteiger partial charge is 0.497 e. The van der Waals surface area contributed by atoms with Crippen LogP contribution in [0.4, 0.5) is 4.39 Å². The average molecular weight is 520 g/mol. The predicted octanol–water partition coefficient (Wildman–Crippen LogP) is 7.42. The summed E-state index contributed by atoms with van der Waals surface area (Å²) in [5.74, 6) is 0.122. The molecule has 1 aliphatic heterocycles. The van der Waals surface area contributed by atoms with Crippen LogP contribution in [0.2, 0.25) is 0 Å². The summed E-state index contributed by atoms with van der Waals surface area (Å²) in [6.45, 7) is 7.53. The van der Waals surface area contributed by atoms with Gasteiger partial charge in [0.25, 0.3) is 0 Å². The third-order valence-electron chi connectivity index (χ3n) is 7.68. The molecule has 0 aliphatic carbocycles. The zero-order chi connectivity index (χ0) is 27.2. The van der Waals surface area contributed by atoms with Crippen LogP contribution in [0.15, 0.2) is 60.7 Å². The molecule has 5 nitrogen and oxygen atoms in total. The standard InChI is InChI=1S/C32H38FNO4/c1-21(15-32(35)36)25-9-6-10-28(17-25)38-20-24-11-13-29(30-18-27(37-4)12-14-31(30)33)26(16-24)19-34-22(2)7-5-8-23(34)3/h6,9-14,16-18,21-23H,5,7-8,15,19-20H2,1-4H3,(H,35,36)/t21-,22-,23+/m1/s1. The molecule has 1 fully saturated rings. The van der Waals surface area contributed by atoms with E-state index >= 15 is 4.39 Å². The highest BCUT2D eigenvalue weighted by molar-refractivity contribution is 5.70. The van der Waals surface area contributed by atoms with E-state index in [4.69, 9.17) is 14.6 Å². The molecule has 202 valence electrons. The second-order valence-electron chi connectivity index (χ2n) is 10.5. The zero-order valence-corrected chi connectivity index (χ0v) is 22.7. The summed E-state index contributed by atoms with van der Waals surface area (Å²) in [4.78, 5) is 13.6. The summed E-state index contributed by atoms with van der Waals surface area (Å²) < 4.78 is 26.5. The number of carbonyl (C=O) groups is 1. The lowest BCUT2D eigenvalue weighted by atomic mass is 9.93. The van der Waals surface area contributed by atoms with E-state index in [9.17, 15) is 4.79 Å². The molecule has 4 rings (SSSR count). The molecule has 0 aromatic heterocycles. The molecule has 1 N–H and O–H groups in total. The Morgan fingerprint density at radius 1 is 1.03 bits per heavy atom. The minimum Gasteiger partial charge on any atom is -0.497 e. The first-order chi connectivity index (χ1) is 18.2. The Labute approximate surface area is 225 Å². The molecule has 1 heterocycles. The molecule has 0 unspecified atom stereocenters. The van der Waals surface area contributed by atoms with Gasteiger partial charge in [0.2, 0.25) is 0 Å². The Hall–Kier alpha value is -3.38. The molecule has 1 saturated heterocycles. The molecule has 0 saturated carbocycles. The Balaban J connectivity index is 1.62. The first-order valence-corrected chi connectivity index (χ1v) is 13.4. The summed E-state index contributed by atoms with van der Waals surface area (Å²) in [7, 11) is 1.59. The normalized spacial score (nSPS) is 18.7. The van der Waals surface area contributed by atoms with E-state index in [1.54, 1.807) is 19.2 Å².